The van der Waals surface area contributed by atoms with Crippen molar-refractivity contribution in [2.24, 2.45) is 0 Å². The fourth-order valence-corrected chi connectivity index (χ4v) is 4.57. The fraction of sp³-hybridized carbons (Fsp3) is 0.471. The second-order valence-corrected chi connectivity index (χ2v) is 7.02. The van der Waals surface area contributed by atoms with Gasteiger partial charge in [0.05, 0.1) is 11.8 Å². The van der Waals surface area contributed by atoms with Gasteiger partial charge in [-0.3, -0.25) is 4.79 Å². The molecule has 0 aliphatic heterocycles. The van der Waals surface area contributed by atoms with Gasteiger partial charge in [0.1, 0.15) is 9.53 Å². The van der Waals surface area contributed by atoms with E-state index >= 15 is 0 Å². The Kier molecular flexibility index (Phi) is 3.45. The normalized spacial score (nSPS) is 14.6. The highest BCUT2D eigenvalue weighted by atomic mass is 32.1. The third kappa shape index (κ3) is 2.07. The molecule has 3 heterocycles. The molecule has 0 saturated heterocycles. The van der Waals surface area contributed by atoms with Crippen LogP contribution in [-0.2, 0) is 19.3 Å². The molecule has 0 aromatic carbocycles. The van der Waals surface area contributed by atoms with Crippen LogP contribution in [0.5, 0.6) is 0 Å². The molecule has 0 radical (unpaired) electrons. The maximum Gasteiger partial charge on any atom is 0.268 e. The number of aromatic nitrogens is 3. The van der Waals surface area contributed by atoms with Crippen molar-refractivity contribution in [3.8, 4) is 0 Å². The van der Waals surface area contributed by atoms with E-state index in [0.29, 0.717) is 4.70 Å². The van der Waals surface area contributed by atoms with Crippen molar-refractivity contribution in [3.63, 3.8) is 0 Å². The van der Waals surface area contributed by atoms with E-state index in [1.54, 1.807) is 0 Å². The van der Waals surface area contributed by atoms with E-state index in [2.05, 4.69) is 16.9 Å². The van der Waals surface area contributed by atoms with Gasteiger partial charge < -0.3 is 4.98 Å². The number of H-pyrrole nitrogens is 1. The Hall–Kier alpha value is -1.75. The first kappa shape index (κ1) is 13.9. The minimum atomic E-state index is -0.0487. The van der Waals surface area contributed by atoms with Gasteiger partial charge in [-0.25, -0.2) is 9.97 Å². The highest BCUT2D eigenvalue weighted by Crippen LogP contribution is 2.37. The molecular weight excluding hydrogens is 294 g/mol. The first-order chi connectivity index (χ1) is 10.8. The lowest BCUT2D eigenvalue weighted by Gasteiger charge is -2.19. The number of hydrogen-bond acceptors (Lipinski definition) is 4. The maximum absolute atomic E-state index is 12.1. The van der Waals surface area contributed by atoms with E-state index in [1.165, 1.54) is 60.2 Å². The Morgan fingerprint density at radius 3 is 3.05 bits per heavy atom. The van der Waals surface area contributed by atoms with Crippen LogP contribution in [0.15, 0.2) is 11.1 Å². The molecule has 0 saturated carbocycles. The van der Waals surface area contributed by atoms with Gasteiger partial charge in [-0.15, -0.1) is 11.3 Å². The Morgan fingerprint density at radius 1 is 1.32 bits per heavy atom. The SMILES string of the molecule is CCCCc1c2c(nc3sc4c(=O)[nH]cnc4c13)CCCC2. The topological polar surface area (TPSA) is 58.6 Å². The molecule has 4 nitrogen and oxygen atoms in total. The van der Waals surface area contributed by atoms with Gasteiger partial charge in [-0.05, 0) is 49.7 Å². The fourth-order valence-electron chi connectivity index (χ4n) is 3.50. The average Bonchev–Trinajstić information content (AvgIpc) is 2.91. The van der Waals surface area contributed by atoms with Crippen LogP contribution in [0.3, 0.4) is 0 Å². The molecule has 3 aromatic rings. The van der Waals surface area contributed by atoms with Crippen LogP contribution in [0.1, 0.15) is 49.4 Å². The predicted molar refractivity (Wildman–Crippen MR) is 90.8 cm³/mol. The standard InChI is InChI=1S/C17H19N3OS/c1-2-3-6-11-10-7-4-5-8-12(10)20-17-13(11)14-15(22-17)16(21)19-9-18-14/h9H,2-8H2,1H3,(H,18,19,21). The van der Waals surface area contributed by atoms with Crippen LogP contribution in [-0.4, -0.2) is 15.0 Å². The zero-order valence-corrected chi connectivity index (χ0v) is 13.6. The molecule has 114 valence electrons. The summed E-state index contributed by atoms with van der Waals surface area (Å²) in [6, 6.07) is 0. The molecule has 0 fully saturated rings. The summed E-state index contributed by atoms with van der Waals surface area (Å²) in [6.07, 6.45) is 9.59. The minimum absolute atomic E-state index is 0.0487. The molecule has 0 bridgehead atoms. The van der Waals surface area contributed by atoms with Crippen LogP contribution in [0, 0.1) is 0 Å². The summed E-state index contributed by atoms with van der Waals surface area (Å²) in [6.45, 7) is 2.22. The molecule has 0 atom stereocenters. The lowest BCUT2D eigenvalue weighted by Crippen LogP contribution is -2.09. The summed E-state index contributed by atoms with van der Waals surface area (Å²) in [7, 11) is 0. The third-order valence-electron chi connectivity index (χ3n) is 4.58. The summed E-state index contributed by atoms with van der Waals surface area (Å²) < 4.78 is 0.713. The monoisotopic (exact) mass is 313 g/mol. The number of nitrogens with one attached hydrogen (secondary N) is 1. The van der Waals surface area contributed by atoms with Gasteiger partial charge in [-0.1, -0.05) is 13.3 Å². The smallest absolute Gasteiger partial charge is 0.268 e. The summed E-state index contributed by atoms with van der Waals surface area (Å²) in [4.78, 5) is 25.1. The van der Waals surface area contributed by atoms with Gasteiger partial charge in [0.25, 0.3) is 5.56 Å². The predicted octanol–water partition coefficient (Wildman–Crippen LogP) is 3.75. The number of aromatic amines is 1. The van der Waals surface area contributed by atoms with E-state index in [0.717, 1.165) is 35.0 Å². The number of fused-ring (bicyclic) bond motifs is 4. The van der Waals surface area contributed by atoms with E-state index in [-0.39, 0.29) is 5.56 Å². The van der Waals surface area contributed by atoms with Crippen molar-refractivity contribution < 1.29 is 0 Å². The highest BCUT2D eigenvalue weighted by Gasteiger charge is 2.22. The molecule has 5 heteroatoms. The lowest BCUT2D eigenvalue weighted by molar-refractivity contribution is 0.660. The first-order valence-electron chi connectivity index (χ1n) is 8.10. The Balaban J connectivity index is 2.10. The van der Waals surface area contributed by atoms with Crippen LogP contribution in [0.4, 0.5) is 0 Å². The van der Waals surface area contributed by atoms with Crippen LogP contribution < -0.4 is 5.56 Å². The zero-order chi connectivity index (χ0) is 15.1. The number of rotatable bonds is 3. The molecule has 0 unspecified atom stereocenters. The number of nitrogens with zero attached hydrogens (tertiary/aromatic N) is 2. The van der Waals surface area contributed by atoms with Crippen LogP contribution in [0.25, 0.3) is 20.4 Å². The van der Waals surface area contributed by atoms with Crippen LogP contribution >= 0.6 is 11.3 Å². The molecule has 1 aliphatic rings. The van der Waals surface area contributed by atoms with Crippen molar-refractivity contribution in [1.29, 1.82) is 0 Å². The largest absolute Gasteiger partial charge is 0.312 e. The van der Waals surface area contributed by atoms with Crippen molar-refractivity contribution in [2.45, 2.75) is 51.9 Å². The number of aryl methyl sites for hydroxylation is 2. The van der Waals surface area contributed by atoms with Gasteiger partial charge in [0.15, 0.2) is 0 Å². The van der Waals surface area contributed by atoms with E-state index < -0.39 is 0 Å². The maximum atomic E-state index is 12.1. The summed E-state index contributed by atoms with van der Waals surface area (Å²) in [5, 5.41) is 1.14. The van der Waals surface area contributed by atoms with Gasteiger partial charge in [0, 0.05) is 11.1 Å². The van der Waals surface area contributed by atoms with Crippen LogP contribution in [0.2, 0.25) is 0 Å². The summed E-state index contributed by atoms with van der Waals surface area (Å²) >= 11 is 1.49. The van der Waals surface area contributed by atoms with Crippen molar-refractivity contribution in [1.82, 2.24) is 15.0 Å². The number of unbranched alkanes of at least 4 members (excludes halogenated alkanes) is 1. The van der Waals surface area contributed by atoms with Crippen molar-refractivity contribution in [2.75, 3.05) is 0 Å². The molecule has 3 aromatic heterocycles. The van der Waals surface area contributed by atoms with Crippen molar-refractivity contribution in [3.05, 3.63) is 33.5 Å². The first-order valence-corrected chi connectivity index (χ1v) is 8.91. The van der Waals surface area contributed by atoms with E-state index in [9.17, 15) is 4.79 Å². The minimum Gasteiger partial charge on any atom is -0.312 e. The average molecular weight is 313 g/mol. The molecular formula is C17H19N3OS. The molecule has 22 heavy (non-hydrogen) atoms. The summed E-state index contributed by atoms with van der Waals surface area (Å²) in [5.74, 6) is 0. The molecule has 0 amide bonds. The summed E-state index contributed by atoms with van der Waals surface area (Å²) in [5.41, 5.74) is 4.90. The van der Waals surface area contributed by atoms with Gasteiger partial charge in [-0.2, -0.15) is 0 Å². The van der Waals surface area contributed by atoms with Gasteiger partial charge >= 0.3 is 0 Å². The van der Waals surface area contributed by atoms with E-state index in [4.69, 9.17) is 4.98 Å². The second-order valence-electron chi connectivity index (χ2n) is 6.02. The number of hydrogen-bond donors (Lipinski definition) is 1. The number of thiophene rings is 1. The Morgan fingerprint density at radius 2 is 2.18 bits per heavy atom. The van der Waals surface area contributed by atoms with Gasteiger partial charge in [0.2, 0.25) is 0 Å². The number of pyridine rings is 1. The highest BCUT2D eigenvalue weighted by molar-refractivity contribution is 7.25. The Bertz CT molecular complexity index is 910. The van der Waals surface area contributed by atoms with Crippen molar-refractivity contribution >= 4 is 31.8 Å². The zero-order valence-electron chi connectivity index (χ0n) is 12.7. The quantitative estimate of drug-likeness (QED) is 0.801. The lowest BCUT2D eigenvalue weighted by atomic mass is 9.88. The second kappa shape index (κ2) is 5.47. The molecule has 1 aliphatic carbocycles. The molecule has 0 spiro atoms. The molecule has 1 N–H and O–H groups in total. The van der Waals surface area contributed by atoms with E-state index in [1.807, 2.05) is 0 Å². The molecule has 4 rings (SSSR count). The Labute approximate surface area is 132 Å². The third-order valence-corrected chi connectivity index (χ3v) is 5.65.